The molecule has 0 saturated carbocycles. The summed E-state index contributed by atoms with van der Waals surface area (Å²) in [5, 5.41) is 0. The minimum Gasteiger partial charge on any atom is -0.489 e. The van der Waals surface area contributed by atoms with Crippen molar-refractivity contribution in [3.05, 3.63) is 107 Å². The van der Waals surface area contributed by atoms with E-state index in [1.54, 1.807) is 54.6 Å². The smallest absolute Gasteiger partial charge is 0.363 e. The average molecular weight is 391 g/mol. The third-order valence-electron chi connectivity index (χ3n) is 4.23. The van der Waals surface area contributed by atoms with Crippen molar-refractivity contribution in [1.29, 1.82) is 0 Å². The maximum Gasteiger partial charge on any atom is 0.363 e. The van der Waals surface area contributed by atoms with Crippen LogP contribution in [0.3, 0.4) is 0 Å². The highest BCUT2D eigenvalue weighted by Crippen LogP contribution is 2.22. The zero-order chi connectivity index (χ0) is 20.2. The van der Waals surface area contributed by atoms with Gasteiger partial charge >= 0.3 is 5.97 Å². The van der Waals surface area contributed by atoms with Crippen molar-refractivity contribution in [1.82, 2.24) is 0 Å². The van der Waals surface area contributed by atoms with E-state index in [0.717, 1.165) is 5.56 Å². The van der Waals surface area contributed by atoms with Crippen LogP contribution in [0.4, 0.5) is 8.78 Å². The van der Waals surface area contributed by atoms with E-state index in [1.165, 1.54) is 24.3 Å². The van der Waals surface area contributed by atoms with Gasteiger partial charge in [-0.15, -0.1) is 0 Å². The first kappa shape index (κ1) is 18.6. The molecule has 0 saturated heterocycles. The number of ether oxygens (including phenoxy) is 2. The summed E-state index contributed by atoms with van der Waals surface area (Å²) in [6.07, 6.45) is 1.56. The lowest BCUT2D eigenvalue weighted by Crippen LogP contribution is -2.07. The first-order valence-corrected chi connectivity index (χ1v) is 8.83. The maximum atomic E-state index is 13.9. The highest BCUT2D eigenvalue weighted by atomic mass is 19.1. The molecule has 144 valence electrons. The molecule has 6 heteroatoms. The molecule has 4 nitrogen and oxygen atoms in total. The fourth-order valence-electron chi connectivity index (χ4n) is 2.72. The molecule has 0 radical (unpaired) electrons. The van der Waals surface area contributed by atoms with Gasteiger partial charge in [0.05, 0.1) is 5.56 Å². The number of nitrogens with zero attached hydrogens (tertiary/aromatic N) is 1. The van der Waals surface area contributed by atoms with E-state index in [9.17, 15) is 13.6 Å². The van der Waals surface area contributed by atoms with Crippen molar-refractivity contribution in [3.63, 3.8) is 0 Å². The molecule has 1 heterocycles. The van der Waals surface area contributed by atoms with Crippen LogP contribution in [0, 0.1) is 11.6 Å². The molecular weight excluding hydrogens is 376 g/mol. The lowest BCUT2D eigenvalue weighted by molar-refractivity contribution is -0.129. The van der Waals surface area contributed by atoms with Crippen molar-refractivity contribution < 1.29 is 23.0 Å². The third kappa shape index (κ3) is 4.38. The largest absolute Gasteiger partial charge is 0.489 e. The van der Waals surface area contributed by atoms with Gasteiger partial charge in [-0.2, -0.15) is 0 Å². The normalized spacial score (nSPS) is 14.6. The van der Waals surface area contributed by atoms with Gasteiger partial charge in [-0.05, 0) is 53.6 Å². The van der Waals surface area contributed by atoms with Crippen molar-refractivity contribution in [2.24, 2.45) is 4.99 Å². The second kappa shape index (κ2) is 8.06. The zero-order valence-corrected chi connectivity index (χ0v) is 15.1. The Bertz CT molecular complexity index is 1100. The quantitative estimate of drug-likeness (QED) is 0.460. The van der Waals surface area contributed by atoms with Crippen LogP contribution in [0.25, 0.3) is 6.08 Å². The number of rotatable bonds is 5. The Morgan fingerprint density at radius 3 is 2.38 bits per heavy atom. The number of esters is 1. The molecular formula is C23H15F2NO3. The zero-order valence-electron chi connectivity index (χ0n) is 15.1. The van der Waals surface area contributed by atoms with Crippen molar-refractivity contribution in [2.45, 2.75) is 6.61 Å². The summed E-state index contributed by atoms with van der Waals surface area (Å²) in [7, 11) is 0. The van der Waals surface area contributed by atoms with Gasteiger partial charge < -0.3 is 9.47 Å². The molecule has 0 spiro atoms. The molecule has 0 unspecified atom stereocenters. The van der Waals surface area contributed by atoms with Crippen LogP contribution >= 0.6 is 0 Å². The van der Waals surface area contributed by atoms with Gasteiger partial charge in [0.25, 0.3) is 0 Å². The number of halogens is 2. The van der Waals surface area contributed by atoms with Gasteiger partial charge in [0.2, 0.25) is 5.90 Å². The fourth-order valence-corrected chi connectivity index (χ4v) is 2.72. The Morgan fingerprint density at radius 2 is 1.66 bits per heavy atom. The number of hydrogen-bond donors (Lipinski definition) is 0. The monoisotopic (exact) mass is 391 g/mol. The molecule has 4 rings (SSSR count). The second-order valence-corrected chi connectivity index (χ2v) is 6.30. The maximum absolute atomic E-state index is 13.9. The Hall–Kier alpha value is -3.80. The molecule has 0 bridgehead atoms. The fraction of sp³-hybridized carbons (Fsp3) is 0.0435. The van der Waals surface area contributed by atoms with E-state index in [-0.39, 0.29) is 23.0 Å². The predicted octanol–water partition coefficient (Wildman–Crippen LogP) is 4.89. The molecule has 29 heavy (non-hydrogen) atoms. The summed E-state index contributed by atoms with van der Waals surface area (Å²) in [4.78, 5) is 16.2. The molecule has 0 aliphatic carbocycles. The first-order valence-electron chi connectivity index (χ1n) is 8.83. The summed E-state index contributed by atoms with van der Waals surface area (Å²) >= 11 is 0. The summed E-state index contributed by atoms with van der Waals surface area (Å²) < 4.78 is 37.5. The van der Waals surface area contributed by atoms with Crippen molar-refractivity contribution in [3.8, 4) is 5.75 Å². The molecule has 3 aromatic rings. The summed E-state index contributed by atoms with van der Waals surface area (Å²) in [6.45, 7) is 0.309. The Balaban J connectivity index is 1.46. The van der Waals surface area contributed by atoms with Gasteiger partial charge in [0.1, 0.15) is 24.0 Å². The summed E-state index contributed by atoms with van der Waals surface area (Å²) in [5.41, 5.74) is 1.78. The van der Waals surface area contributed by atoms with Crippen LogP contribution in [0.2, 0.25) is 0 Å². The van der Waals surface area contributed by atoms with Gasteiger partial charge in [-0.1, -0.05) is 36.4 Å². The van der Waals surface area contributed by atoms with Crippen molar-refractivity contribution in [2.75, 3.05) is 0 Å². The number of cyclic esters (lactones) is 1. The van der Waals surface area contributed by atoms with E-state index in [1.807, 2.05) is 0 Å². The van der Waals surface area contributed by atoms with Crippen LogP contribution < -0.4 is 4.74 Å². The molecule has 0 N–H and O–H groups in total. The Labute approximate surface area is 165 Å². The van der Waals surface area contributed by atoms with Crippen LogP contribution in [-0.2, 0) is 16.1 Å². The van der Waals surface area contributed by atoms with Crippen molar-refractivity contribution >= 4 is 17.9 Å². The Kier molecular flexibility index (Phi) is 5.16. The minimum absolute atomic E-state index is 0.0569. The lowest BCUT2D eigenvalue weighted by atomic mass is 10.2. The highest BCUT2D eigenvalue weighted by molar-refractivity contribution is 6.12. The number of aliphatic imine (C=N–C) groups is 1. The molecule has 0 atom stereocenters. The Morgan fingerprint density at radius 1 is 0.931 bits per heavy atom. The standard InChI is InChI=1S/C23H15F2NO3/c24-17-9-5-16(6-10-17)14-28-18-11-7-15(8-12-18)13-21-23(27)29-22(26-21)19-3-1-2-4-20(19)25/h1-13H,14H2/b21-13+. The van der Waals surface area contributed by atoms with Gasteiger partial charge in [-0.3, -0.25) is 0 Å². The van der Waals surface area contributed by atoms with E-state index >= 15 is 0 Å². The molecule has 0 fully saturated rings. The van der Waals surface area contributed by atoms with E-state index in [2.05, 4.69) is 4.99 Å². The highest BCUT2D eigenvalue weighted by Gasteiger charge is 2.25. The van der Waals surface area contributed by atoms with E-state index < -0.39 is 11.8 Å². The minimum atomic E-state index is -0.639. The van der Waals surface area contributed by atoms with Crippen LogP contribution in [0.5, 0.6) is 5.75 Å². The molecule has 0 amide bonds. The first-order chi connectivity index (χ1) is 14.1. The number of carbonyl (C=O) groups is 1. The molecule has 3 aromatic carbocycles. The molecule has 1 aliphatic heterocycles. The summed E-state index contributed by atoms with van der Waals surface area (Å²) in [5.74, 6) is -0.875. The van der Waals surface area contributed by atoms with Crippen LogP contribution in [0.15, 0.2) is 83.5 Å². The number of hydrogen-bond acceptors (Lipinski definition) is 4. The van der Waals surface area contributed by atoms with E-state index in [0.29, 0.717) is 17.9 Å². The predicted molar refractivity (Wildman–Crippen MR) is 104 cm³/mol. The van der Waals surface area contributed by atoms with Gasteiger partial charge in [0.15, 0.2) is 5.70 Å². The second-order valence-electron chi connectivity index (χ2n) is 6.30. The van der Waals surface area contributed by atoms with Crippen LogP contribution in [-0.4, -0.2) is 11.9 Å². The number of carbonyl (C=O) groups excluding carboxylic acids is 1. The SMILES string of the molecule is O=C1OC(c2ccccc2F)=N/C1=C/c1ccc(OCc2ccc(F)cc2)cc1. The summed E-state index contributed by atoms with van der Waals surface area (Å²) in [6, 6.07) is 19.1. The van der Waals surface area contributed by atoms with E-state index in [4.69, 9.17) is 9.47 Å². The van der Waals surface area contributed by atoms with Gasteiger partial charge in [-0.25, -0.2) is 18.6 Å². The topological polar surface area (TPSA) is 47.9 Å². The molecule has 1 aliphatic rings. The van der Waals surface area contributed by atoms with Gasteiger partial charge in [0, 0.05) is 0 Å². The number of benzene rings is 3. The molecule has 0 aromatic heterocycles. The lowest BCUT2D eigenvalue weighted by Gasteiger charge is -2.06. The third-order valence-corrected chi connectivity index (χ3v) is 4.23. The van der Waals surface area contributed by atoms with Crippen LogP contribution in [0.1, 0.15) is 16.7 Å². The average Bonchev–Trinajstić information content (AvgIpc) is 3.09.